The number of nitrogens with one attached hydrogen (secondary N) is 1. The Balaban J connectivity index is 2.22. The summed E-state index contributed by atoms with van der Waals surface area (Å²) in [6, 6.07) is 8.66. The van der Waals surface area contributed by atoms with Gasteiger partial charge in [0.15, 0.2) is 5.76 Å². The van der Waals surface area contributed by atoms with E-state index in [0.29, 0.717) is 11.4 Å². The lowest BCUT2D eigenvalue weighted by Gasteiger charge is -2.08. The Morgan fingerprint density at radius 3 is 2.81 bits per heavy atom. The van der Waals surface area contributed by atoms with Gasteiger partial charge in [0.1, 0.15) is 0 Å². The van der Waals surface area contributed by atoms with Gasteiger partial charge in [0.25, 0.3) is 5.91 Å². The van der Waals surface area contributed by atoms with Crippen molar-refractivity contribution in [2.45, 2.75) is 6.92 Å². The lowest BCUT2D eigenvalue weighted by atomic mass is 10.1. The fourth-order valence-corrected chi connectivity index (χ4v) is 1.38. The zero-order valence-electron chi connectivity index (χ0n) is 8.86. The van der Waals surface area contributed by atoms with E-state index in [1.165, 1.54) is 6.26 Å². The topological polar surface area (TPSA) is 68.3 Å². The van der Waals surface area contributed by atoms with E-state index < -0.39 is 0 Å². The van der Waals surface area contributed by atoms with Crippen LogP contribution < -0.4 is 11.1 Å². The first-order valence-corrected chi connectivity index (χ1v) is 4.88. The Labute approximate surface area is 93.1 Å². The lowest BCUT2D eigenvalue weighted by molar-refractivity contribution is 0.0996. The van der Waals surface area contributed by atoms with Crippen LogP contribution in [0.4, 0.5) is 11.4 Å². The molecule has 4 heteroatoms. The molecule has 16 heavy (non-hydrogen) atoms. The van der Waals surface area contributed by atoms with Crippen LogP contribution in [0.15, 0.2) is 41.0 Å². The molecule has 1 aromatic carbocycles. The van der Waals surface area contributed by atoms with Crippen LogP contribution in [0.5, 0.6) is 0 Å². The van der Waals surface area contributed by atoms with Gasteiger partial charge >= 0.3 is 0 Å². The smallest absolute Gasteiger partial charge is 0.291 e. The Morgan fingerprint density at radius 2 is 2.12 bits per heavy atom. The monoisotopic (exact) mass is 216 g/mol. The molecule has 0 fully saturated rings. The second-order valence-corrected chi connectivity index (χ2v) is 3.45. The molecule has 0 radical (unpaired) electrons. The second-order valence-electron chi connectivity index (χ2n) is 3.45. The highest BCUT2D eigenvalue weighted by atomic mass is 16.3. The predicted octanol–water partition coefficient (Wildman–Crippen LogP) is 2.42. The molecule has 1 heterocycles. The summed E-state index contributed by atoms with van der Waals surface area (Å²) in [4.78, 5) is 11.7. The molecule has 0 spiro atoms. The minimum atomic E-state index is -0.279. The van der Waals surface area contributed by atoms with Crippen molar-refractivity contribution in [3.05, 3.63) is 47.9 Å². The Hall–Kier alpha value is -2.23. The van der Waals surface area contributed by atoms with Gasteiger partial charge in [-0.05, 0) is 36.8 Å². The molecule has 82 valence electrons. The third-order valence-electron chi connectivity index (χ3n) is 2.37. The van der Waals surface area contributed by atoms with Crippen LogP contribution >= 0.6 is 0 Å². The van der Waals surface area contributed by atoms with Crippen LogP contribution in [-0.4, -0.2) is 5.91 Å². The van der Waals surface area contributed by atoms with E-state index in [1.807, 2.05) is 6.92 Å². The summed E-state index contributed by atoms with van der Waals surface area (Å²) in [7, 11) is 0. The van der Waals surface area contributed by atoms with E-state index in [0.717, 1.165) is 5.56 Å². The molecular formula is C12H12N2O2. The molecule has 2 aromatic rings. The first-order chi connectivity index (χ1) is 7.68. The standard InChI is InChI=1S/C12H12N2O2/c1-8-9(13)4-2-5-10(8)14-12(15)11-6-3-7-16-11/h2-7H,13H2,1H3,(H,14,15). The van der Waals surface area contributed by atoms with E-state index in [4.69, 9.17) is 10.2 Å². The van der Waals surface area contributed by atoms with Gasteiger partial charge in [-0.25, -0.2) is 0 Å². The lowest BCUT2D eigenvalue weighted by Crippen LogP contribution is -2.12. The fourth-order valence-electron chi connectivity index (χ4n) is 1.38. The average Bonchev–Trinajstić information content (AvgIpc) is 2.78. The third kappa shape index (κ3) is 1.91. The van der Waals surface area contributed by atoms with Crippen molar-refractivity contribution in [1.29, 1.82) is 0 Å². The number of carbonyl (C=O) groups is 1. The third-order valence-corrected chi connectivity index (χ3v) is 2.37. The zero-order valence-corrected chi connectivity index (χ0v) is 8.86. The molecule has 3 N–H and O–H groups in total. The molecule has 0 unspecified atom stereocenters. The number of carbonyl (C=O) groups excluding carboxylic acids is 1. The van der Waals surface area contributed by atoms with Crippen molar-refractivity contribution in [3.63, 3.8) is 0 Å². The number of furan rings is 1. The maximum Gasteiger partial charge on any atom is 0.291 e. The first kappa shape index (κ1) is 10.3. The van der Waals surface area contributed by atoms with Gasteiger partial charge in [-0.15, -0.1) is 0 Å². The highest BCUT2D eigenvalue weighted by Gasteiger charge is 2.10. The fraction of sp³-hybridized carbons (Fsp3) is 0.0833. The summed E-state index contributed by atoms with van der Waals surface area (Å²) in [6.45, 7) is 1.85. The minimum Gasteiger partial charge on any atom is -0.459 e. The summed E-state index contributed by atoms with van der Waals surface area (Å²) in [5.74, 6) is 0.000486. The Morgan fingerprint density at radius 1 is 1.31 bits per heavy atom. The summed E-state index contributed by atoms with van der Waals surface area (Å²) in [5, 5.41) is 2.74. The van der Waals surface area contributed by atoms with Crippen molar-refractivity contribution in [1.82, 2.24) is 0 Å². The van der Waals surface area contributed by atoms with Crippen LogP contribution in [0.2, 0.25) is 0 Å². The molecule has 1 aromatic heterocycles. The molecule has 0 bridgehead atoms. The normalized spacial score (nSPS) is 10.1. The van der Waals surface area contributed by atoms with Crippen LogP contribution in [0.25, 0.3) is 0 Å². The average molecular weight is 216 g/mol. The van der Waals surface area contributed by atoms with Crippen molar-refractivity contribution in [2.24, 2.45) is 0 Å². The van der Waals surface area contributed by atoms with Gasteiger partial charge in [-0.3, -0.25) is 4.79 Å². The van der Waals surface area contributed by atoms with Crippen LogP contribution in [-0.2, 0) is 0 Å². The largest absolute Gasteiger partial charge is 0.459 e. The van der Waals surface area contributed by atoms with Gasteiger partial charge in [-0.1, -0.05) is 6.07 Å². The van der Waals surface area contributed by atoms with E-state index in [9.17, 15) is 4.79 Å². The molecule has 0 saturated carbocycles. The number of hydrogen-bond acceptors (Lipinski definition) is 3. The summed E-state index contributed by atoms with van der Waals surface area (Å²) < 4.78 is 4.99. The molecule has 0 atom stereocenters. The Kier molecular flexibility index (Phi) is 2.64. The highest BCUT2D eigenvalue weighted by Crippen LogP contribution is 2.21. The molecule has 2 rings (SSSR count). The van der Waals surface area contributed by atoms with Gasteiger partial charge in [0, 0.05) is 11.4 Å². The first-order valence-electron chi connectivity index (χ1n) is 4.88. The molecule has 0 aliphatic heterocycles. The number of anilines is 2. The van der Waals surface area contributed by atoms with Crippen LogP contribution in [0.3, 0.4) is 0 Å². The van der Waals surface area contributed by atoms with Crippen molar-refractivity contribution in [2.75, 3.05) is 11.1 Å². The van der Waals surface area contributed by atoms with Gasteiger partial charge in [-0.2, -0.15) is 0 Å². The molecule has 0 aliphatic carbocycles. The Bertz CT molecular complexity index is 504. The molecule has 0 aliphatic rings. The number of rotatable bonds is 2. The maximum absolute atomic E-state index is 11.7. The molecule has 1 amide bonds. The highest BCUT2D eigenvalue weighted by molar-refractivity contribution is 6.02. The number of amides is 1. The molecule has 4 nitrogen and oxygen atoms in total. The number of nitrogens with two attached hydrogens (primary N) is 1. The number of benzene rings is 1. The molecular weight excluding hydrogens is 204 g/mol. The van der Waals surface area contributed by atoms with E-state index in [-0.39, 0.29) is 11.7 Å². The van der Waals surface area contributed by atoms with Gasteiger partial charge in [0.2, 0.25) is 0 Å². The quantitative estimate of drug-likeness (QED) is 0.757. The summed E-state index contributed by atoms with van der Waals surface area (Å²) >= 11 is 0. The van der Waals surface area contributed by atoms with Crippen molar-refractivity contribution >= 4 is 17.3 Å². The predicted molar refractivity (Wildman–Crippen MR) is 62.3 cm³/mol. The van der Waals surface area contributed by atoms with Gasteiger partial charge < -0.3 is 15.5 Å². The summed E-state index contributed by atoms with van der Waals surface area (Å²) in [6.07, 6.45) is 1.46. The second kappa shape index (κ2) is 4.10. The van der Waals surface area contributed by atoms with E-state index >= 15 is 0 Å². The number of nitrogen functional groups attached to an aromatic ring is 1. The van der Waals surface area contributed by atoms with Crippen molar-refractivity contribution in [3.8, 4) is 0 Å². The maximum atomic E-state index is 11.7. The zero-order chi connectivity index (χ0) is 11.5. The van der Waals surface area contributed by atoms with Gasteiger partial charge in [0.05, 0.1) is 6.26 Å². The van der Waals surface area contributed by atoms with E-state index in [2.05, 4.69) is 5.32 Å². The van der Waals surface area contributed by atoms with Crippen molar-refractivity contribution < 1.29 is 9.21 Å². The summed E-state index contributed by atoms with van der Waals surface area (Å²) in [5.41, 5.74) is 7.94. The van der Waals surface area contributed by atoms with E-state index in [1.54, 1.807) is 30.3 Å². The minimum absolute atomic E-state index is 0.279. The molecule has 0 saturated heterocycles. The number of hydrogen-bond donors (Lipinski definition) is 2. The SMILES string of the molecule is Cc1c(N)cccc1NC(=O)c1ccco1. The van der Waals surface area contributed by atoms with Crippen LogP contribution in [0.1, 0.15) is 16.1 Å². The van der Waals surface area contributed by atoms with Crippen LogP contribution in [0, 0.1) is 6.92 Å².